The first-order chi connectivity index (χ1) is 12.2. The number of carbonyl (C=O) groups excluding carboxylic acids is 1. The van der Waals surface area contributed by atoms with E-state index in [2.05, 4.69) is 60.4 Å². The van der Waals surface area contributed by atoms with E-state index in [0.717, 1.165) is 11.3 Å². The van der Waals surface area contributed by atoms with Crippen molar-refractivity contribution in [1.29, 1.82) is 0 Å². The van der Waals surface area contributed by atoms with Crippen LogP contribution in [0.5, 0.6) is 0 Å². The molecular weight excluding hydrogens is 308 g/mol. The third kappa shape index (κ3) is 2.72. The number of aromatic nitrogens is 1. The first kappa shape index (κ1) is 15.6. The Hall–Kier alpha value is -2.94. The average Bonchev–Trinajstić information content (AvgIpc) is 2.99. The number of hydrogen-bond acceptors (Lipinski definition) is 2. The number of fused-ring (bicyclic) bond motifs is 1. The zero-order valence-corrected chi connectivity index (χ0v) is 14.2. The van der Waals surface area contributed by atoms with Crippen molar-refractivity contribution < 1.29 is 4.79 Å². The number of hydrogen-bond donors (Lipinski definition) is 0. The van der Waals surface area contributed by atoms with Crippen LogP contribution < -0.4 is 0 Å². The first-order valence-corrected chi connectivity index (χ1v) is 8.53. The number of amides is 1. The molecule has 0 saturated heterocycles. The lowest BCUT2D eigenvalue weighted by Crippen LogP contribution is -2.40. The monoisotopic (exact) mass is 328 g/mol. The summed E-state index contributed by atoms with van der Waals surface area (Å²) < 4.78 is 0. The fraction of sp³-hybridized carbons (Fsp3) is 0.182. The minimum Gasteiger partial charge on any atom is -0.331 e. The van der Waals surface area contributed by atoms with Crippen LogP contribution in [0.4, 0.5) is 0 Å². The Kier molecular flexibility index (Phi) is 3.85. The molecule has 0 aliphatic carbocycles. The lowest BCUT2D eigenvalue weighted by molar-refractivity contribution is 0.0752. The zero-order chi connectivity index (χ0) is 17.3. The summed E-state index contributed by atoms with van der Waals surface area (Å²) in [4.78, 5) is 19.1. The number of carbonyl (C=O) groups is 1. The zero-order valence-electron chi connectivity index (χ0n) is 14.2. The van der Waals surface area contributed by atoms with Crippen molar-refractivity contribution >= 4 is 5.91 Å². The largest absolute Gasteiger partial charge is 0.331 e. The molecule has 4 rings (SSSR count). The highest BCUT2D eigenvalue weighted by Crippen LogP contribution is 2.35. The molecule has 1 aliphatic rings. The number of rotatable bonds is 4. The molecule has 0 radical (unpaired) electrons. The summed E-state index contributed by atoms with van der Waals surface area (Å²) in [6, 6.07) is 24.5. The van der Waals surface area contributed by atoms with Gasteiger partial charge in [-0.15, -0.1) is 0 Å². The molecule has 124 valence electrons. The van der Waals surface area contributed by atoms with Gasteiger partial charge in [-0.2, -0.15) is 0 Å². The summed E-state index contributed by atoms with van der Waals surface area (Å²) in [7, 11) is 0. The Bertz CT molecular complexity index is 851. The normalized spacial score (nSPS) is 13.8. The minimum atomic E-state index is -0.278. The van der Waals surface area contributed by atoms with E-state index in [0.29, 0.717) is 13.1 Å². The van der Waals surface area contributed by atoms with Gasteiger partial charge >= 0.3 is 0 Å². The van der Waals surface area contributed by atoms with Crippen LogP contribution in [-0.4, -0.2) is 22.3 Å². The van der Waals surface area contributed by atoms with Crippen LogP contribution in [0.1, 0.15) is 34.1 Å². The van der Waals surface area contributed by atoms with Crippen molar-refractivity contribution in [2.75, 3.05) is 6.54 Å². The van der Waals surface area contributed by atoms with Crippen molar-refractivity contribution in [3.63, 3.8) is 0 Å². The van der Waals surface area contributed by atoms with Crippen LogP contribution >= 0.6 is 0 Å². The van der Waals surface area contributed by atoms with E-state index in [-0.39, 0.29) is 11.3 Å². The van der Waals surface area contributed by atoms with Crippen molar-refractivity contribution in [2.24, 2.45) is 0 Å². The molecule has 3 heteroatoms. The van der Waals surface area contributed by atoms with E-state index in [4.69, 9.17) is 0 Å². The molecule has 25 heavy (non-hydrogen) atoms. The molecular formula is C22H20N2O. The van der Waals surface area contributed by atoms with Crippen LogP contribution in [0, 0.1) is 0 Å². The SMILES string of the molecule is CC(CN1Cc2ncccc2C1=O)(c1ccccc1)c1ccccc1. The van der Waals surface area contributed by atoms with Crippen molar-refractivity contribution in [2.45, 2.75) is 18.9 Å². The quantitative estimate of drug-likeness (QED) is 0.724. The van der Waals surface area contributed by atoms with Gasteiger partial charge in [-0.1, -0.05) is 60.7 Å². The molecule has 3 nitrogen and oxygen atoms in total. The summed E-state index contributed by atoms with van der Waals surface area (Å²) in [5.74, 6) is 0.0705. The second kappa shape index (κ2) is 6.17. The van der Waals surface area contributed by atoms with Gasteiger partial charge < -0.3 is 4.90 Å². The number of nitrogens with zero attached hydrogens (tertiary/aromatic N) is 2. The topological polar surface area (TPSA) is 33.2 Å². The highest BCUT2D eigenvalue weighted by molar-refractivity contribution is 5.97. The van der Waals surface area contributed by atoms with E-state index in [1.54, 1.807) is 6.20 Å². The molecule has 2 heterocycles. The van der Waals surface area contributed by atoms with Crippen molar-refractivity contribution in [1.82, 2.24) is 9.88 Å². The molecule has 0 fully saturated rings. The van der Waals surface area contributed by atoms with Gasteiger partial charge in [0.2, 0.25) is 0 Å². The van der Waals surface area contributed by atoms with E-state index < -0.39 is 0 Å². The van der Waals surface area contributed by atoms with Gasteiger partial charge in [0.15, 0.2) is 0 Å². The van der Waals surface area contributed by atoms with Gasteiger partial charge in [-0.3, -0.25) is 9.78 Å². The second-order valence-corrected chi connectivity index (χ2v) is 6.72. The van der Waals surface area contributed by atoms with Gasteiger partial charge in [0.05, 0.1) is 17.8 Å². The Labute approximate surface area is 148 Å². The highest BCUT2D eigenvalue weighted by Gasteiger charge is 2.36. The van der Waals surface area contributed by atoms with Crippen LogP contribution in [0.3, 0.4) is 0 Å². The van der Waals surface area contributed by atoms with E-state index in [9.17, 15) is 4.79 Å². The Morgan fingerprint density at radius 2 is 1.52 bits per heavy atom. The average molecular weight is 328 g/mol. The summed E-state index contributed by atoms with van der Waals surface area (Å²) in [6.45, 7) is 3.40. The standard InChI is InChI=1S/C22H20N2O/c1-22(17-9-4-2-5-10-17,18-11-6-3-7-12-18)16-24-15-20-19(21(24)25)13-8-14-23-20/h2-14H,15-16H2,1H3. The van der Waals surface area contributed by atoms with E-state index in [1.807, 2.05) is 29.2 Å². The molecule has 0 atom stereocenters. The smallest absolute Gasteiger partial charge is 0.256 e. The van der Waals surface area contributed by atoms with Crippen LogP contribution in [0.25, 0.3) is 0 Å². The van der Waals surface area contributed by atoms with Gasteiger partial charge in [0.1, 0.15) is 0 Å². The fourth-order valence-corrected chi connectivity index (χ4v) is 3.65. The highest BCUT2D eigenvalue weighted by atomic mass is 16.2. The molecule has 1 aliphatic heterocycles. The Morgan fingerprint density at radius 1 is 0.920 bits per heavy atom. The summed E-state index contributed by atoms with van der Waals surface area (Å²) in [5, 5.41) is 0. The van der Waals surface area contributed by atoms with Gasteiger partial charge in [0, 0.05) is 18.2 Å². The molecule has 0 saturated carbocycles. The Balaban J connectivity index is 1.73. The molecule has 0 spiro atoms. The second-order valence-electron chi connectivity index (χ2n) is 6.72. The molecule has 2 aromatic carbocycles. The van der Waals surface area contributed by atoms with E-state index >= 15 is 0 Å². The predicted octanol–water partition coefficient (Wildman–Crippen LogP) is 4.04. The van der Waals surface area contributed by atoms with Crippen LogP contribution in [-0.2, 0) is 12.0 Å². The lowest BCUT2D eigenvalue weighted by atomic mass is 9.76. The maximum absolute atomic E-state index is 12.8. The summed E-state index contributed by atoms with van der Waals surface area (Å²) >= 11 is 0. The number of pyridine rings is 1. The molecule has 0 N–H and O–H groups in total. The predicted molar refractivity (Wildman–Crippen MR) is 98.3 cm³/mol. The maximum Gasteiger partial charge on any atom is 0.256 e. The number of benzene rings is 2. The van der Waals surface area contributed by atoms with Gasteiger partial charge in [0.25, 0.3) is 5.91 Å². The molecule has 0 unspecified atom stereocenters. The first-order valence-electron chi connectivity index (χ1n) is 8.53. The minimum absolute atomic E-state index is 0.0705. The van der Waals surface area contributed by atoms with Crippen molar-refractivity contribution in [3.8, 4) is 0 Å². The lowest BCUT2D eigenvalue weighted by Gasteiger charge is -2.35. The van der Waals surface area contributed by atoms with Gasteiger partial charge in [-0.05, 0) is 30.2 Å². The van der Waals surface area contributed by atoms with Crippen molar-refractivity contribution in [3.05, 3.63) is 101 Å². The molecule has 3 aromatic rings. The molecule has 0 bridgehead atoms. The Morgan fingerprint density at radius 3 is 2.08 bits per heavy atom. The van der Waals surface area contributed by atoms with E-state index in [1.165, 1.54) is 11.1 Å². The molecule has 1 aromatic heterocycles. The van der Waals surface area contributed by atoms with Gasteiger partial charge in [-0.25, -0.2) is 0 Å². The molecule has 1 amide bonds. The van der Waals surface area contributed by atoms with Crippen LogP contribution in [0.2, 0.25) is 0 Å². The third-order valence-corrected chi connectivity index (χ3v) is 5.08. The summed E-state index contributed by atoms with van der Waals surface area (Å²) in [6.07, 6.45) is 1.75. The van der Waals surface area contributed by atoms with Crippen LogP contribution in [0.15, 0.2) is 79.0 Å². The maximum atomic E-state index is 12.8. The summed E-state index contributed by atoms with van der Waals surface area (Å²) in [5.41, 5.74) is 3.73. The fourth-order valence-electron chi connectivity index (χ4n) is 3.65. The third-order valence-electron chi connectivity index (χ3n) is 5.08.